The van der Waals surface area contributed by atoms with Crippen molar-refractivity contribution in [3.63, 3.8) is 0 Å². The van der Waals surface area contributed by atoms with Crippen molar-refractivity contribution in [2.45, 2.75) is 32.9 Å². The molecule has 1 atom stereocenters. The zero-order valence-electron chi connectivity index (χ0n) is 18.4. The monoisotopic (exact) mass is 452 g/mol. The van der Waals surface area contributed by atoms with Crippen molar-refractivity contribution in [3.8, 4) is 5.75 Å². The number of anilines is 2. The maximum atomic E-state index is 12.4. The molecule has 0 fully saturated rings. The molecule has 0 aliphatic rings. The lowest BCUT2D eigenvalue weighted by molar-refractivity contribution is -0.384. The number of hydrogen-bond acceptors (Lipinski definition) is 9. The Bertz CT molecular complexity index is 1170. The molecular formula is C22H24N6O5. The van der Waals surface area contributed by atoms with E-state index in [1.165, 1.54) is 12.0 Å². The highest BCUT2D eigenvalue weighted by Crippen LogP contribution is 2.32. The van der Waals surface area contributed by atoms with Crippen molar-refractivity contribution < 1.29 is 19.6 Å². The number of aryl methyl sites for hydroxylation is 1. The first-order valence-corrected chi connectivity index (χ1v) is 10.0. The van der Waals surface area contributed by atoms with Gasteiger partial charge < -0.3 is 20.5 Å². The van der Waals surface area contributed by atoms with Gasteiger partial charge in [-0.05, 0) is 19.4 Å². The molecule has 0 radical (unpaired) electrons. The largest absolute Gasteiger partial charge is 0.496 e. The molecule has 0 aliphatic heterocycles. The van der Waals surface area contributed by atoms with Crippen LogP contribution in [0.3, 0.4) is 0 Å². The Kier molecular flexibility index (Phi) is 7.01. The van der Waals surface area contributed by atoms with Gasteiger partial charge >= 0.3 is 11.7 Å². The van der Waals surface area contributed by atoms with E-state index in [1.807, 2.05) is 13.0 Å². The number of methoxy groups -OCH3 is 1. The average Bonchev–Trinajstić information content (AvgIpc) is 2.78. The summed E-state index contributed by atoms with van der Waals surface area (Å²) in [5, 5.41) is 21.9. The fraction of sp³-hybridized carbons (Fsp3) is 0.273. The standard InChI is InChI=1S/C22H24N6O5/c1-13-10-24-16(14(2)19(13)33-3)12-27(20-18(28(31)32)11-25-22(23)26-20)17(21(29)30)9-15-7-5-4-6-8-15/h4-8,10-11,17H,9,12H2,1-3H3,(H,29,30)(H2,23,25,26)/t17-/m1/s1. The lowest BCUT2D eigenvalue weighted by Crippen LogP contribution is -2.43. The van der Waals surface area contributed by atoms with Crippen LogP contribution in [0.2, 0.25) is 0 Å². The van der Waals surface area contributed by atoms with Crippen molar-refractivity contribution in [1.29, 1.82) is 0 Å². The van der Waals surface area contributed by atoms with Gasteiger partial charge in [-0.3, -0.25) is 15.1 Å². The van der Waals surface area contributed by atoms with Gasteiger partial charge in [0.05, 0.1) is 24.3 Å². The van der Waals surface area contributed by atoms with Crippen molar-refractivity contribution in [3.05, 3.63) is 75.2 Å². The maximum Gasteiger partial charge on any atom is 0.329 e. The number of aromatic nitrogens is 3. The Morgan fingerprint density at radius 2 is 1.94 bits per heavy atom. The molecule has 3 aromatic rings. The molecule has 3 N–H and O–H groups in total. The molecule has 0 saturated carbocycles. The first-order valence-electron chi connectivity index (χ1n) is 10.0. The van der Waals surface area contributed by atoms with E-state index in [2.05, 4.69) is 15.0 Å². The molecule has 0 aliphatic carbocycles. The van der Waals surface area contributed by atoms with Gasteiger partial charge in [-0.15, -0.1) is 0 Å². The quantitative estimate of drug-likeness (QED) is 0.365. The van der Waals surface area contributed by atoms with Crippen LogP contribution in [0.25, 0.3) is 0 Å². The van der Waals surface area contributed by atoms with E-state index in [4.69, 9.17) is 10.5 Å². The molecule has 2 heterocycles. The molecule has 11 nitrogen and oxygen atoms in total. The summed E-state index contributed by atoms with van der Waals surface area (Å²) < 4.78 is 5.46. The van der Waals surface area contributed by atoms with Crippen LogP contribution >= 0.6 is 0 Å². The fourth-order valence-electron chi connectivity index (χ4n) is 3.61. The van der Waals surface area contributed by atoms with Crippen LogP contribution in [0.15, 0.2) is 42.7 Å². The van der Waals surface area contributed by atoms with Crippen molar-refractivity contribution in [1.82, 2.24) is 15.0 Å². The van der Waals surface area contributed by atoms with Crippen LogP contribution in [0, 0.1) is 24.0 Å². The zero-order chi connectivity index (χ0) is 24.1. The zero-order valence-corrected chi connectivity index (χ0v) is 18.4. The van der Waals surface area contributed by atoms with Crippen LogP contribution in [0.1, 0.15) is 22.4 Å². The molecule has 0 bridgehead atoms. The minimum Gasteiger partial charge on any atom is -0.496 e. The Balaban J connectivity index is 2.17. The van der Waals surface area contributed by atoms with Gasteiger partial charge in [0.25, 0.3) is 0 Å². The minimum absolute atomic E-state index is 0.0687. The number of rotatable bonds is 9. The Labute approximate surface area is 190 Å². The predicted molar refractivity (Wildman–Crippen MR) is 121 cm³/mol. The highest BCUT2D eigenvalue weighted by atomic mass is 16.6. The normalized spacial score (nSPS) is 11.6. The van der Waals surface area contributed by atoms with Gasteiger partial charge in [0.1, 0.15) is 18.0 Å². The smallest absolute Gasteiger partial charge is 0.329 e. The molecular weight excluding hydrogens is 428 g/mol. The number of aliphatic carboxylic acids is 1. The number of carboxylic acid groups (broad SMARTS) is 1. The SMILES string of the molecule is COc1c(C)cnc(CN(c2nc(N)ncc2[N+](=O)[O-])[C@H](Cc2ccccc2)C(=O)O)c1C. The summed E-state index contributed by atoms with van der Waals surface area (Å²) in [7, 11) is 1.53. The second-order valence-electron chi connectivity index (χ2n) is 7.41. The number of ether oxygens (including phenoxy) is 1. The summed E-state index contributed by atoms with van der Waals surface area (Å²) in [6.45, 7) is 3.55. The lowest BCUT2D eigenvalue weighted by atomic mass is 10.0. The predicted octanol–water partition coefficient (Wildman–Crippen LogP) is 2.69. The number of nitro groups is 1. The second-order valence-corrected chi connectivity index (χ2v) is 7.41. The van der Waals surface area contributed by atoms with Crippen LogP contribution in [0.4, 0.5) is 17.5 Å². The van der Waals surface area contributed by atoms with E-state index in [0.717, 1.165) is 17.3 Å². The summed E-state index contributed by atoms with van der Waals surface area (Å²) in [6.07, 6.45) is 2.65. The molecule has 33 heavy (non-hydrogen) atoms. The van der Waals surface area contributed by atoms with Gasteiger partial charge in [0.2, 0.25) is 11.8 Å². The summed E-state index contributed by atoms with van der Waals surface area (Å²) in [4.78, 5) is 37.0. The number of nitrogens with zero attached hydrogens (tertiary/aromatic N) is 5. The first-order chi connectivity index (χ1) is 15.7. The van der Waals surface area contributed by atoms with Gasteiger partial charge in [0.15, 0.2) is 0 Å². The third kappa shape index (κ3) is 5.14. The van der Waals surface area contributed by atoms with E-state index < -0.39 is 22.6 Å². The summed E-state index contributed by atoms with van der Waals surface area (Å²) in [5.41, 5.74) is 8.00. The molecule has 11 heteroatoms. The maximum absolute atomic E-state index is 12.4. The molecule has 2 aromatic heterocycles. The third-order valence-electron chi connectivity index (χ3n) is 5.24. The van der Waals surface area contributed by atoms with Gasteiger partial charge in [-0.25, -0.2) is 9.78 Å². The molecule has 0 spiro atoms. The number of hydrogen-bond donors (Lipinski definition) is 2. The molecule has 3 rings (SSSR count). The Hall–Kier alpha value is -4.28. The topological polar surface area (TPSA) is 158 Å². The van der Waals surface area contributed by atoms with Crippen LogP contribution in [-0.4, -0.2) is 44.1 Å². The number of nitrogens with two attached hydrogens (primary N) is 1. The minimum atomic E-state index is -1.20. The highest BCUT2D eigenvalue weighted by molar-refractivity contribution is 5.79. The number of carboxylic acids is 1. The van der Waals surface area contributed by atoms with Crippen LogP contribution < -0.4 is 15.4 Å². The molecule has 1 aromatic carbocycles. The number of benzene rings is 1. The first kappa shape index (κ1) is 23.4. The number of carbonyl (C=O) groups is 1. The van der Waals surface area contributed by atoms with E-state index >= 15 is 0 Å². The fourth-order valence-corrected chi connectivity index (χ4v) is 3.61. The molecule has 0 unspecified atom stereocenters. The lowest BCUT2D eigenvalue weighted by Gasteiger charge is -2.30. The van der Waals surface area contributed by atoms with Gasteiger partial charge in [-0.1, -0.05) is 30.3 Å². The van der Waals surface area contributed by atoms with Crippen LogP contribution in [0.5, 0.6) is 5.75 Å². The van der Waals surface area contributed by atoms with Crippen molar-refractivity contribution in [2.24, 2.45) is 0 Å². The van der Waals surface area contributed by atoms with Crippen molar-refractivity contribution >= 4 is 23.4 Å². The number of pyridine rings is 1. The molecule has 0 saturated heterocycles. The van der Waals surface area contributed by atoms with E-state index in [9.17, 15) is 20.0 Å². The second kappa shape index (κ2) is 9.90. The Morgan fingerprint density at radius 3 is 2.55 bits per heavy atom. The number of nitrogen functional groups attached to an aromatic ring is 1. The summed E-state index contributed by atoms with van der Waals surface area (Å²) in [5.74, 6) is -0.985. The molecule has 0 amide bonds. The van der Waals surface area contributed by atoms with E-state index in [1.54, 1.807) is 37.4 Å². The third-order valence-corrected chi connectivity index (χ3v) is 5.24. The Morgan fingerprint density at radius 1 is 1.24 bits per heavy atom. The summed E-state index contributed by atoms with van der Waals surface area (Å²) in [6, 6.07) is 7.78. The molecule has 172 valence electrons. The summed E-state index contributed by atoms with van der Waals surface area (Å²) >= 11 is 0. The van der Waals surface area contributed by atoms with Crippen molar-refractivity contribution in [2.75, 3.05) is 17.7 Å². The van der Waals surface area contributed by atoms with E-state index in [0.29, 0.717) is 17.0 Å². The highest BCUT2D eigenvalue weighted by Gasteiger charge is 2.33. The average molecular weight is 452 g/mol. The van der Waals surface area contributed by atoms with Crippen LogP contribution in [-0.2, 0) is 17.8 Å². The van der Waals surface area contributed by atoms with Gasteiger partial charge in [0, 0.05) is 23.7 Å². The van der Waals surface area contributed by atoms with E-state index in [-0.39, 0.29) is 24.7 Å². The van der Waals surface area contributed by atoms with Gasteiger partial charge in [-0.2, -0.15) is 4.98 Å².